The number of unbranched alkanes of at least 4 members (excludes halogenated alkanes) is 8. The maximum absolute atomic E-state index is 11.4. The summed E-state index contributed by atoms with van der Waals surface area (Å²) < 4.78 is 4.61. The van der Waals surface area contributed by atoms with Crippen LogP contribution in [0.2, 0.25) is 0 Å². The molecule has 0 heterocycles. The molecule has 0 spiro atoms. The normalized spacial score (nSPS) is 11.4. The van der Waals surface area contributed by atoms with E-state index in [2.05, 4.69) is 11.7 Å². The quantitative estimate of drug-likeness (QED) is 0.183. The topological polar surface area (TPSA) is 110 Å². The molecule has 0 fully saturated rings. The summed E-state index contributed by atoms with van der Waals surface area (Å²) in [5.41, 5.74) is 5.21. The molecule has 0 unspecified atom stereocenters. The number of hydrogen-bond donors (Lipinski definition) is 1. The van der Waals surface area contributed by atoms with Gasteiger partial charge >= 0.3 is 41.5 Å². The molecule has 0 aliphatic carbocycles. The van der Waals surface area contributed by atoms with Crippen LogP contribution in [0.15, 0.2) is 0 Å². The van der Waals surface area contributed by atoms with Gasteiger partial charge in [-0.2, -0.15) is 0 Å². The number of carbonyl (C=O) groups excluding carboxylic acids is 3. The van der Waals surface area contributed by atoms with Gasteiger partial charge in [-0.15, -0.1) is 0 Å². The number of nitrogens with two attached hydrogens (primary N) is 1. The Bertz CT molecular complexity index is 363. The summed E-state index contributed by atoms with van der Waals surface area (Å²) in [6, 6.07) is -1.21. The fraction of sp³-hybridized carbons (Fsp3) is 0.824. The van der Waals surface area contributed by atoms with Crippen LogP contribution in [0.1, 0.15) is 84.0 Å². The Hall–Kier alpha value is -0.430. The summed E-state index contributed by atoms with van der Waals surface area (Å²) >= 11 is 0. The van der Waals surface area contributed by atoms with E-state index >= 15 is 0 Å². The van der Waals surface area contributed by atoms with Gasteiger partial charge in [-0.3, -0.25) is 9.59 Å². The van der Waals surface area contributed by atoms with Gasteiger partial charge in [0.1, 0.15) is 0 Å². The Morgan fingerprint density at radius 3 is 1.83 bits per heavy atom. The summed E-state index contributed by atoms with van der Waals surface area (Å²) in [7, 11) is 0. The van der Waals surface area contributed by atoms with Gasteiger partial charge in [0.05, 0.1) is 5.97 Å². The molecule has 0 saturated carbocycles. The van der Waals surface area contributed by atoms with Crippen LogP contribution in [-0.2, 0) is 19.1 Å². The van der Waals surface area contributed by atoms with Crippen molar-refractivity contribution in [1.82, 2.24) is 0 Å². The van der Waals surface area contributed by atoms with Crippen molar-refractivity contribution >= 4 is 17.9 Å². The molecule has 134 valence electrons. The second-order valence-corrected chi connectivity index (χ2v) is 5.89. The first-order chi connectivity index (χ1) is 11.0. The number of ether oxygens (including phenoxy) is 1. The van der Waals surface area contributed by atoms with E-state index in [-0.39, 0.29) is 48.8 Å². The third-order valence-corrected chi connectivity index (χ3v) is 3.67. The van der Waals surface area contributed by atoms with Crippen molar-refractivity contribution in [3.8, 4) is 0 Å². The van der Waals surface area contributed by atoms with E-state index in [1.54, 1.807) is 0 Å². The van der Waals surface area contributed by atoms with Crippen LogP contribution in [-0.4, -0.2) is 23.9 Å². The monoisotopic (exact) mass is 351 g/mol. The van der Waals surface area contributed by atoms with Crippen LogP contribution in [0, 0.1) is 0 Å². The molecule has 0 aromatic carbocycles. The van der Waals surface area contributed by atoms with Crippen molar-refractivity contribution in [1.29, 1.82) is 0 Å². The minimum atomic E-state index is -1.42. The molecular formula is C17H30NNaO5. The van der Waals surface area contributed by atoms with E-state index in [0.717, 1.165) is 12.8 Å². The zero-order valence-electron chi connectivity index (χ0n) is 15.2. The predicted molar refractivity (Wildman–Crippen MR) is 85.2 cm³/mol. The van der Waals surface area contributed by atoms with Gasteiger partial charge in [-0.05, 0) is 12.8 Å². The maximum atomic E-state index is 11.4. The summed E-state index contributed by atoms with van der Waals surface area (Å²) in [6.07, 6.45) is 10.2. The molecule has 0 aliphatic rings. The van der Waals surface area contributed by atoms with Gasteiger partial charge in [-0.1, -0.05) is 58.3 Å². The second-order valence-electron chi connectivity index (χ2n) is 5.89. The summed E-state index contributed by atoms with van der Waals surface area (Å²) in [4.78, 5) is 33.1. The van der Waals surface area contributed by atoms with Crippen molar-refractivity contribution < 1.29 is 53.8 Å². The molecule has 0 radical (unpaired) electrons. The third-order valence-electron chi connectivity index (χ3n) is 3.67. The second kappa shape index (κ2) is 17.4. The molecule has 0 amide bonds. The molecule has 0 aromatic rings. The van der Waals surface area contributed by atoms with Crippen molar-refractivity contribution in [3.05, 3.63) is 0 Å². The average Bonchev–Trinajstić information content (AvgIpc) is 2.50. The Kier molecular flexibility index (Phi) is 18.7. The Balaban J connectivity index is 0. The first-order valence-corrected chi connectivity index (χ1v) is 8.67. The van der Waals surface area contributed by atoms with Crippen LogP contribution in [0.25, 0.3) is 0 Å². The third kappa shape index (κ3) is 16.4. The number of carbonyl (C=O) groups is 3. The SMILES string of the molecule is CCCCCCCCCCCC(=O)OC(=O)CC[C@H](N)C(=O)[O-].[Na+]. The zero-order valence-corrected chi connectivity index (χ0v) is 17.2. The number of rotatable bonds is 14. The first kappa shape index (κ1) is 25.8. The molecule has 24 heavy (non-hydrogen) atoms. The maximum Gasteiger partial charge on any atom is 1.00 e. The van der Waals surface area contributed by atoms with Gasteiger partial charge < -0.3 is 20.4 Å². The van der Waals surface area contributed by atoms with Crippen LogP contribution >= 0.6 is 0 Å². The summed E-state index contributed by atoms with van der Waals surface area (Å²) in [5, 5.41) is 10.4. The van der Waals surface area contributed by atoms with Gasteiger partial charge in [0.25, 0.3) is 0 Å². The number of carboxylic acid groups (broad SMARTS) is 1. The molecule has 0 aliphatic heterocycles. The van der Waals surface area contributed by atoms with E-state index in [4.69, 9.17) is 5.73 Å². The minimum Gasteiger partial charge on any atom is -0.548 e. The van der Waals surface area contributed by atoms with Crippen molar-refractivity contribution in [2.45, 2.75) is 90.0 Å². The number of aliphatic carboxylic acids is 1. The minimum absolute atomic E-state index is 0. The fourth-order valence-electron chi connectivity index (χ4n) is 2.20. The first-order valence-electron chi connectivity index (χ1n) is 8.67. The molecule has 0 bridgehead atoms. The smallest absolute Gasteiger partial charge is 0.548 e. The molecule has 2 N–H and O–H groups in total. The number of hydrogen-bond acceptors (Lipinski definition) is 6. The summed E-state index contributed by atoms with van der Waals surface area (Å²) in [5.74, 6) is -2.71. The van der Waals surface area contributed by atoms with E-state index in [0.29, 0.717) is 6.42 Å². The van der Waals surface area contributed by atoms with E-state index in [1.807, 2.05) is 0 Å². The molecular weight excluding hydrogens is 321 g/mol. The van der Waals surface area contributed by atoms with E-state index in [1.165, 1.54) is 38.5 Å². The number of carboxylic acids is 1. The largest absolute Gasteiger partial charge is 1.00 e. The zero-order chi connectivity index (χ0) is 17.5. The van der Waals surface area contributed by atoms with Gasteiger partial charge in [0.2, 0.25) is 0 Å². The van der Waals surface area contributed by atoms with Crippen molar-refractivity contribution in [3.63, 3.8) is 0 Å². The van der Waals surface area contributed by atoms with Crippen LogP contribution in [0.3, 0.4) is 0 Å². The molecule has 7 heteroatoms. The standard InChI is InChI=1S/C17H31NO5.Na/c1-2-3-4-5-6-7-8-9-10-11-15(19)23-16(20)13-12-14(18)17(21)22;/h14H,2-13,18H2,1H3,(H,21,22);/q;+1/p-1/t14-;/m0./s1. The van der Waals surface area contributed by atoms with Crippen LogP contribution < -0.4 is 40.4 Å². The van der Waals surface area contributed by atoms with Crippen LogP contribution in [0.4, 0.5) is 0 Å². The Morgan fingerprint density at radius 2 is 1.33 bits per heavy atom. The molecule has 0 aromatic heterocycles. The van der Waals surface area contributed by atoms with Gasteiger partial charge in [-0.25, -0.2) is 0 Å². The Labute approximate surface area is 167 Å². The Morgan fingerprint density at radius 1 is 0.875 bits per heavy atom. The van der Waals surface area contributed by atoms with E-state index in [9.17, 15) is 19.5 Å². The predicted octanol–water partition coefficient (Wildman–Crippen LogP) is -1.16. The van der Waals surface area contributed by atoms with Crippen molar-refractivity contribution in [2.75, 3.05) is 0 Å². The van der Waals surface area contributed by atoms with Gasteiger partial charge in [0, 0.05) is 18.9 Å². The van der Waals surface area contributed by atoms with Gasteiger partial charge in [0.15, 0.2) is 0 Å². The van der Waals surface area contributed by atoms with E-state index < -0.39 is 23.9 Å². The average molecular weight is 351 g/mol. The fourth-order valence-corrected chi connectivity index (χ4v) is 2.20. The molecule has 0 rings (SSSR count). The van der Waals surface area contributed by atoms with Crippen LogP contribution in [0.5, 0.6) is 0 Å². The molecule has 1 atom stereocenters. The molecule has 6 nitrogen and oxygen atoms in total. The summed E-state index contributed by atoms with van der Waals surface area (Å²) in [6.45, 7) is 2.20. The number of esters is 2. The molecule has 0 saturated heterocycles. The van der Waals surface area contributed by atoms with Crippen molar-refractivity contribution in [2.24, 2.45) is 5.73 Å².